The highest BCUT2D eigenvalue weighted by Gasteiger charge is 2.61. The van der Waals surface area contributed by atoms with E-state index in [-0.39, 0.29) is 36.9 Å². The van der Waals surface area contributed by atoms with Crippen molar-refractivity contribution < 1.29 is 28.2 Å². The molecule has 3 aliphatic rings. The minimum absolute atomic E-state index is 0.0409. The van der Waals surface area contributed by atoms with Gasteiger partial charge in [-0.25, -0.2) is 9.18 Å². The van der Waals surface area contributed by atoms with Crippen LogP contribution in [0.1, 0.15) is 20.8 Å². The Kier molecular flexibility index (Phi) is 6.39. The number of nitrogens with one attached hydrogen (secondary N) is 1. The molecule has 1 N–H and O–H groups in total. The van der Waals surface area contributed by atoms with Gasteiger partial charge in [0, 0.05) is 19.6 Å². The Balaban J connectivity index is 1.39. The molecule has 8 nitrogen and oxygen atoms in total. The molecule has 180 valence electrons. The lowest BCUT2D eigenvalue weighted by atomic mass is 10.1. The van der Waals surface area contributed by atoms with Crippen LogP contribution in [0.3, 0.4) is 0 Å². The second-order valence-electron chi connectivity index (χ2n) is 9.57. The number of hydrogen-bond donors (Lipinski definition) is 1. The molecule has 0 aromatic heterocycles. The van der Waals surface area contributed by atoms with Crippen LogP contribution in [-0.4, -0.2) is 60.7 Å². The molecule has 1 saturated carbocycles. The van der Waals surface area contributed by atoms with E-state index in [9.17, 15) is 14.4 Å². The van der Waals surface area contributed by atoms with Crippen molar-refractivity contribution in [2.45, 2.75) is 37.3 Å². The summed E-state index contributed by atoms with van der Waals surface area (Å²) in [5, 5.41) is 2.54. The fraction of sp³-hybridized carbons (Fsp3) is 0.591. The van der Waals surface area contributed by atoms with Gasteiger partial charge in [0.05, 0.1) is 23.3 Å². The number of halogens is 3. The van der Waals surface area contributed by atoms with Crippen LogP contribution in [0, 0.1) is 23.6 Å². The van der Waals surface area contributed by atoms with Crippen molar-refractivity contribution in [1.82, 2.24) is 5.32 Å². The summed E-state index contributed by atoms with van der Waals surface area (Å²) in [7, 11) is 0. The fourth-order valence-electron chi connectivity index (χ4n) is 4.57. The number of nitrogens with zero attached hydrogens (tertiary/aromatic N) is 2. The first-order chi connectivity index (χ1) is 15.5. The molecule has 2 saturated heterocycles. The number of esters is 1. The van der Waals surface area contributed by atoms with Crippen LogP contribution in [0.2, 0.25) is 0 Å². The van der Waals surface area contributed by atoms with Gasteiger partial charge in [-0.05, 0) is 50.8 Å². The quantitative estimate of drug-likeness (QED) is 0.475. The average molecular weight is 502 g/mol. The molecule has 0 bridgehead atoms. The van der Waals surface area contributed by atoms with Crippen LogP contribution in [0.5, 0.6) is 0 Å². The third-order valence-electron chi connectivity index (χ3n) is 6.09. The number of rotatable bonds is 6. The second kappa shape index (κ2) is 8.83. The fourth-order valence-corrected chi connectivity index (χ4v) is 4.72. The number of carbonyl (C=O) groups is 3. The van der Waals surface area contributed by atoms with Crippen molar-refractivity contribution in [3.05, 3.63) is 24.0 Å². The first kappa shape index (κ1) is 23.9. The van der Waals surface area contributed by atoms with Crippen molar-refractivity contribution in [3.8, 4) is 0 Å². The van der Waals surface area contributed by atoms with Crippen LogP contribution < -0.4 is 15.1 Å². The van der Waals surface area contributed by atoms with E-state index in [2.05, 4.69) is 5.32 Å². The first-order valence-electron chi connectivity index (χ1n) is 10.8. The number of cyclic esters (lactones) is 1. The highest BCUT2D eigenvalue weighted by atomic mass is 35.5. The van der Waals surface area contributed by atoms with E-state index in [1.165, 1.54) is 11.0 Å². The number of amides is 2. The molecule has 2 heterocycles. The Morgan fingerprint density at radius 2 is 1.94 bits per heavy atom. The lowest BCUT2D eigenvalue weighted by molar-refractivity contribution is -0.157. The van der Waals surface area contributed by atoms with E-state index in [1.807, 2.05) is 25.7 Å². The van der Waals surface area contributed by atoms with Gasteiger partial charge in [0.15, 0.2) is 4.84 Å². The summed E-state index contributed by atoms with van der Waals surface area (Å²) in [6, 6.07) is 4.01. The van der Waals surface area contributed by atoms with Crippen LogP contribution in [0.15, 0.2) is 18.2 Å². The molecule has 0 radical (unpaired) electrons. The summed E-state index contributed by atoms with van der Waals surface area (Å²) in [6.07, 6.45) is -0.627. The van der Waals surface area contributed by atoms with Crippen LogP contribution in [0.4, 0.5) is 20.6 Å². The Bertz CT molecular complexity index is 958. The normalized spacial score (nSPS) is 26.3. The lowest BCUT2D eigenvalue weighted by Gasteiger charge is -2.26. The van der Waals surface area contributed by atoms with E-state index in [0.717, 1.165) is 0 Å². The third-order valence-corrected chi connectivity index (χ3v) is 6.49. The zero-order valence-electron chi connectivity index (χ0n) is 18.5. The molecule has 1 aromatic carbocycles. The van der Waals surface area contributed by atoms with Crippen molar-refractivity contribution in [2.75, 3.05) is 36.0 Å². The van der Waals surface area contributed by atoms with E-state index >= 15 is 4.39 Å². The maximum atomic E-state index is 15.0. The van der Waals surface area contributed by atoms with Crippen molar-refractivity contribution in [2.24, 2.45) is 17.8 Å². The van der Waals surface area contributed by atoms with Crippen LogP contribution in [-0.2, 0) is 19.1 Å². The van der Waals surface area contributed by atoms with E-state index in [4.69, 9.17) is 32.7 Å². The molecular formula is C22H26Cl2FN3O5. The molecule has 11 heteroatoms. The van der Waals surface area contributed by atoms with Gasteiger partial charge < -0.3 is 19.7 Å². The summed E-state index contributed by atoms with van der Waals surface area (Å²) < 4.78 is 25.6. The highest BCUT2D eigenvalue weighted by Crippen LogP contribution is 2.53. The molecular weight excluding hydrogens is 476 g/mol. The third kappa shape index (κ3) is 4.99. The second-order valence-corrected chi connectivity index (χ2v) is 10.7. The monoisotopic (exact) mass is 501 g/mol. The van der Waals surface area contributed by atoms with E-state index < -0.39 is 34.3 Å². The number of ether oxygens (including phenoxy) is 2. The molecule has 33 heavy (non-hydrogen) atoms. The minimum atomic E-state index is -1.23. The summed E-state index contributed by atoms with van der Waals surface area (Å²) in [5.41, 5.74) is 0.212. The van der Waals surface area contributed by atoms with Gasteiger partial charge >= 0.3 is 12.1 Å². The van der Waals surface area contributed by atoms with Crippen molar-refractivity contribution in [1.29, 1.82) is 0 Å². The molecule has 3 fully saturated rings. The van der Waals surface area contributed by atoms with Crippen LogP contribution >= 0.6 is 23.2 Å². The predicted molar refractivity (Wildman–Crippen MR) is 121 cm³/mol. The first-order valence-corrected chi connectivity index (χ1v) is 11.6. The lowest BCUT2D eigenvalue weighted by Crippen LogP contribution is -2.44. The highest BCUT2D eigenvalue weighted by molar-refractivity contribution is 6.53. The number of piperidine rings is 1. The van der Waals surface area contributed by atoms with Gasteiger partial charge in [-0.1, -0.05) is 23.2 Å². The number of anilines is 2. The number of carbonyl (C=O) groups excluding carboxylic acids is 3. The Hall–Kier alpha value is -2.26. The topological polar surface area (TPSA) is 88.2 Å². The van der Waals surface area contributed by atoms with Crippen molar-refractivity contribution >= 4 is 52.5 Å². The minimum Gasteiger partial charge on any atom is -0.460 e. The van der Waals surface area contributed by atoms with Gasteiger partial charge in [-0.2, -0.15) is 0 Å². The van der Waals surface area contributed by atoms with Gasteiger partial charge in [0.2, 0.25) is 0 Å². The number of fused-ring (bicyclic) bond motifs is 1. The molecule has 4 atom stereocenters. The molecule has 1 unspecified atom stereocenters. The summed E-state index contributed by atoms with van der Waals surface area (Å²) in [5.74, 6) is -1.06. The summed E-state index contributed by atoms with van der Waals surface area (Å²) in [6.45, 7) is 6.77. The summed E-state index contributed by atoms with van der Waals surface area (Å²) in [4.78, 5) is 38.2. The largest absolute Gasteiger partial charge is 0.460 e. The molecule has 2 aliphatic heterocycles. The number of benzene rings is 1. The zero-order valence-corrected chi connectivity index (χ0v) is 20.0. The van der Waals surface area contributed by atoms with Crippen molar-refractivity contribution in [3.63, 3.8) is 0 Å². The van der Waals surface area contributed by atoms with E-state index in [1.54, 1.807) is 12.1 Å². The Morgan fingerprint density at radius 1 is 1.27 bits per heavy atom. The number of hydrogen-bond acceptors (Lipinski definition) is 6. The zero-order chi connectivity index (χ0) is 24.1. The van der Waals surface area contributed by atoms with Gasteiger partial charge in [0.1, 0.15) is 18.0 Å². The standard InChI is InChI=1S/C22H26Cl2FN3O5/c1-22(2,3)33-20(30)17-13-8-27(9-14(13)17)16-5-4-11(6-15(16)25)28-12(10-32-21(28)31)7-26-19(29)18(23)24/h4-6,12-14,17-18H,7-10H2,1-3H3,(H,26,29)/t12-,13-,14+,17?/m0/s1. The molecule has 0 spiro atoms. The van der Waals surface area contributed by atoms with E-state index in [0.29, 0.717) is 24.5 Å². The van der Waals surface area contributed by atoms with Crippen LogP contribution in [0.25, 0.3) is 0 Å². The maximum absolute atomic E-state index is 15.0. The molecule has 2 amide bonds. The SMILES string of the molecule is CC(C)(C)OC(=O)C1[C@H]2CN(c3ccc(N4C(=O)OC[C@@H]4CNC(=O)C(Cl)Cl)cc3F)C[C@@H]12. The Morgan fingerprint density at radius 3 is 2.52 bits per heavy atom. The molecule has 4 rings (SSSR count). The van der Waals surface area contributed by atoms with Gasteiger partial charge in [-0.3, -0.25) is 14.5 Å². The maximum Gasteiger partial charge on any atom is 0.414 e. The molecule has 1 aliphatic carbocycles. The number of alkyl halides is 2. The van der Waals surface area contributed by atoms with Gasteiger partial charge in [0.25, 0.3) is 5.91 Å². The smallest absolute Gasteiger partial charge is 0.414 e. The van der Waals surface area contributed by atoms with Gasteiger partial charge in [-0.15, -0.1) is 0 Å². The molecule has 1 aromatic rings. The Labute approximate surface area is 201 Å². The average Bonchev–Trinajstić information content (AvgIpc) is 3.02. The predicted octanol–water partition coefficient (Wildman–Crippen LogP) is 3.09. The summed E-state index contributed by atoms with van der Waals surface area (Å²) >= 11 is 11.1.